The Morgan fingerprint density at radius 1 is 1.06 bits per heavy atom. The number of carbonyl (C=O) groups excluding carboxylic acids is 2. The van der Waals surface area contributed by atoms with E-state index in [-0.39, 0.29) is 36.4 Å². The maximum Gasteiger partial charge on any atom is 0.251 e. The number of imidazole rings is 1. The van der Waals surface area contributed by atoms with Crippen LogP contribution in [0.4, 0.5) is 0 Å². The van der Waals surface area contributed by atoms with Crippen LogP contribution in [0.2, 0.25) is 0 Å². The molecule has 5 N–H and O–H groups in total. The van der Waals surface area contributed by atoms with E-state index in [4.69, 9.17) is 5.73 Å². The zero-order valence-electron chi connectivity index (χ0n) is 18.8. The average molecular weight is 563 g/mol. The molecular weight excluding hydrogens is 533 g/mol. The Morgan fingerprint density at radius 3 is 2.48 bits per heavy atom. The van der Waals surface area contributed by atoms with Gasteiger partial charge in [0.05, 0.1) is 17.6 Å². The lowest BCUT2D eigenvalue weighted by Crippen LogP contribution is -2.37. The van der Waals surface area contributed by atoms with E-state index >= 15 is 0 Å². The molecule has 0 saturated heterocycles. The molecule has 0 unspecified atom stereocenters. The van der Waals surface area contributed by atoms with Gasteiger partial charge in [0.2, 0.25) is 5.91 Å². The molecule has 0 aliphatic rings. The first-order chi connectivity index (χ1) is 15.5. The number of nitrogens with zero attached hydrogens (tertiary/aromatic N) is 3. The number of rotatable bonds is 9. The van der Waals surface area contributed by atoms with Gasteiger partial charge in [0, 0.05) is 32.2 Å². The van der Waals surface area contributed by atoms with E-state index in [1.165, 1.54) is 0 Å². The number of amides is 2. The number of aliphatic imine (C=N–C) groups is 1. The number of primary amides is 1. The molecule has 2 amide bonds. The first kappa shape index (κ1) is 26.1. The van der Waals surface area contributed by atoms with Gasteiger partial charge in [0.25, 0.3) is 5.91 Å². The number of nitrogens with one attached hydrogen (secondary N) is 3. The molecule has 176 valence electrons. The third-order valence-corrected chi connectivity index (χ3v) is 5.02. The Bertz CT molecular complexity index is 1110. The number of halogens is 1. The van der Waals surface area contributed by atoms with Crippen molar-refractivity contribution >= 4 is 52.8 Å². The van der Waals surface area contributed by atoms with Gasteiger partial charge in [0.15, 0.2) is 5.96 Å². The molecule has 9 nitrogen and oxygen atoms in total. The highest BCUT2D eigenvalue weighted by molar-refractivity contribution is 14.0. The van der Waals surface area contributed by atoms with E-state index in [1.54, 1.807) is 19.2 Å². The van der Waals surface area contributed by atoms with E-state index < -0.39 is 5.91 Å². The number of hydrogen-bond donors (Lipinski definition) is 4. The Kier molecular flexibility index (Phi) is 10.1. The smallest absolute Gasteiger partial charge is 0.251 e. The number of nitrogens with two attached hydrogens (primary N) is 1. The summed E-state index contributed by atoms with van der Waals surface area (Å²) in [6.45, 7) is 4.05. The molecule has 0 bridgehead atoms. The number of aromatic nitrogens is 2. The Labute approximate surface area is 210 Å². The van der Waals surface area contributed by atoms with Crippen molar-refractivity contribution < 1.29 is 9.59 Å². The minimum absolute atomic E-state index is 0. The summed E-state index contributed by atoms with van der Waals surface area (Å²) in [5.41, 5.74) is 8.68. The second-order valence-electron chi connectivity index (χ2n) is 7.35. The summed E-state index contributed by atoms with van der Waals surface area (Å²) in [5.74, 6) is 0.814. The maximum absolute atomic E-state index is 11.9. The van der Waals surface area contributed by atoms with Crippen LogP contribution < -0.4 is 21.7 Å². The monoisotopic (exact) mass is 563 g/mol. The number of para-hydroxylation sites is 2. The summed E-state index contributed by atoms with van der Waals surface area (Å²) in [6.07, 6.45) is 0.928. The molecule has 1 aromatic heterocycles. The van der Waals surface area contributed by atoms with Crippen molar-refractivity contribution in [2.24, 2.45) is 10.7 Å². The zero-order chi connectivity index (χ0) is 22.9. The lowest BCUT2D eigenvalue weighted by molar-refractivity contribution is -0.117. The Hall–Kier alpha value is -3.15. The molecular formula is C23H30IN7O2. The zero-order valence-corrected chi connectivity index (χ0v) is 21.1. The van der Waals surface area contributed by atoms with Crippen molar-refractivity contribution in [3.8, 4) is 0 Å². The molecule has 0 saturated carbocycles. The summed E-state index contributed by atoms with van der Waals surface area (Å²) in [5, 5.41) is 9.06. The molecule has 2 aromatic carbocycles. The van der Waals surface area contributed by atoms with Gasteiger partial charge >= 0.3 is 0 Å². The maximum atomic E-state index is 11.9. The van der Waals surface area contributed by atoms with Crippen LogP contribution in [-0.2, 0) is 17.9 Å². The van der Waals surface area contributed by atoms with Crippen LogP contribution in [0.5, 0.6) is 0 Å². The fourth-order valence-electron chi connectivity index (χ4n) is 3.37. The standard InChI is InChI=1S/C23H29N7O2.HI/c1-16-29-19-6-3-4-7-20(19)30(16)13-5-12-26-23(25-2)28-14-17-8-10-18(11-9-17)22(32)27-15-21(24)31;/h3-4,6-11H,5,12-15H2,1-2H3,(H2,24,31)(H,27,32)(H2,25,26,28);1H. The minimum atomic E-state index is -0.577. The molecule has 0 radical (unpaired) electrons. The normalized spacial score (nSPS) is 11.0. The molecule has 0 aliphatic heterocycles. The van der Waals surface area contributed by atoms with Crippen LogP contribution in [0.3, 0.4) is 0 Å². The molecule has 33 heavy (non-hydrogen) atoms. The predicted molar refractivity (Wildman–Crippen MR) is 141 cm³/mol. The molecule has 0 fully saturated rings. The second-order valence-corrected chi connectivity index (χ2v) is 7.35. The quantitative estimate of drug-likeness (QED) is 0.137. The SMILES string of the molecule is CN=C(NCCCn1c(C)nc2ccccc21)NCc1ccc(C(=O)NCC(N)=O)cc1.I. The Balaban J connectivity index is 0.00000385. The molecule has 3 rings (SSSR count). The minimum Gasteiger partial charge on any atom is -0.368 e. The summed E-state index contributed by atoms with van der Waals surface area (Å²) < 4.78 is 2.23. The lowest BCUT2D eigenvalue weighted by atomic mass is 10.1. The van der Waals surface area contributed by atoms with Crippen LogP contribution in [0.1, 0.15) is 28.2 Å². The van der Waals surface area contributed by atoms with E-state index in [0.29, 0.717) is 18.1 Å². The molecule has 10 heteroatoms. The van der Waals surface area contributed by atoms with Crippen molar-refractivity contribution in [3.05, 3.63) is 65.5 Å². The van der Waals surface area contributed by atoms with Gasteiger partial charge in [-0.25, -0.2) is 4.98 Å². The highest BCUT2D eigenvalue weighted by atomic mass is 127. The molecule has 0 spiro atoms. The van der Waals surface area contributed by atoms with Crippen molar-refractivity contribution in [3.63, 3.8) is 0 Å². The average Bonchev–Trinajstić information content (AvgIpc) is 3.12. The first-order valence-electron chi connectivity index (χ1n) is 10.5. The van der Waals surface area contributed by atoms with Crippen LogP contribution in [-0.4, -0.2) is 47.5 Å². The largest absolute Gasteiger partial charge is 0.368 e. The van der Waals surface area contributed by atoms with Gasteiger partial charge in [-0.2, -0.15) is 0 Å². The van der Waals surface area contributed by atoms with Gasteiger partial charge in [-0.1, -0.05) is 24.3 Å². The summed E-state index contributed by atoms with van der Waals surface area (Å²) in [7, 11) is 1.73. The lowest BCUT2D eigenvalue weighted by Gasteiger charge is -2.13. The summed E-state index contributed by atoms with van der Waals surface area (Å²) in [6, 6.07) is 15.3. The van der Waals surface area contributed by atoms with Crippen LogP contribution in [0, 0.1) is 6.92 Å². The summed E-state index contributed by atoms with van der Waals surface area (Å²) in [4.78, 5) is 31.6. The number of hydrogen-bond acceptors (Lipinski definition) is 4. The second kappa shape index (κ2) is 12.8. The van der Waals surface area contributed by atoms with E-state index in [1.807, 2.05) is 37.3 Å². The predicted octanol–water partition coefficient (Wildman–Crippen LogP) is 1.93. The number of fused-ring (bicyclic) bond motifs is 1. The third kappa shape index (κ3) is 7.45. The molecule has 0 aliphatic carbocycles. The van der Waals surface area contributed by atoms with Crippen LogP contribution in [0.25, 0.3) is 11.0 Å². The van der Waals surface area contributed by atoms with Gasteiger partial charge in [-0.3, -0.25) is 14.6 Å². The molecule has 0 atom stereocenters. The highest BCUT2D eigenvalue weighted by Crippen LogP contribution is 2.15. The van der Waals surface area contributed by atoms with Crippen LogP contribution >= 0.6 is 24.0 Å². The highest BCUT2D eigenvalue weighted by Gasteiger charge is 2.08. The number of carbonyl (C=O) groups is 2. The fourth-order valence-corrected chi connectivity index (χ4v) is 3.37. The van der Waals surface area contributed by atoms with Gasteiger partial charge in [-0.15, -0.1) is 24.0 Å². The summed E-state index contributed by atoms with van der Waals surface area (Å²) >= 11 is 0. The van der Waals surface area contributed by atoms with Gasteiger partial charge in [0.1, 0.15) is 5.82 Å². The van der Waals surface area contributed by atoms with Gasteiger partial charge < -0.3 is 26.3 Å². The van der Waals surface area contributed by atoms with E-state index in [9.17, 15) is 9.59 Å². The Morgan fingerprint density at radius 2 is 1.79 bits per heavy atom. The van der Waals surface area contributed by atoms with E-state index in [0.717, 1.165) is 41.9 Å². The van der Waals surface area contributed by atoms with Crippen molar-refractivity contribution in [2.75, 3.05) is 20.1 Å². The van der Waals surface area contributed by atoms with Gasteiger partial charge in [-0.05, 0) is 43.2 Å². The van der Waals surface area contributed by atoms with Crippen molar-refractivity contribution in [2.45, 2.75) is 26.4 Å². The van der Waals surface area contributed by atoms with Crippen molar-refractivity contribution in [1.82, 2.24) is 25.5 Å². The van der Waals surface area contributed by atoms with E-state index in [2.05, 4.69) is 36.6 Å². The first-order valence-corrected chi connectivity index (χ1v) is 10.5. The molecule has 3 aromatic rings. The topological polar surface area (TPSA) is 126 Å². The van der Waals surface area contributed by atoms with Crippen LogP contribution in [0.15, 0.2) is 53.5 Å². The molecule has 1 heterocycles. The van der Waals surface area contributed by atoms with Crippen molar-refractivity contribution in [1.29, 1.82) is 0 Å². The third-order valence-electron chi connectivity index (χ3n) is 5.02. The number of aryl methyl sites for hydroxylation is 2. The fraction of sp³-hybridized carbons (Fsp3) is 0.304. The number of benzene rings is 2. The number of guanidine groups is 1.